The minimum atomic E-state index is -0.352. The van der Waals surface area contributed by atoms with Gasteiger partial charge in [0.25, 0.3) is 0 Å². The molecule has 1 heterocycles. The fraction of sp³-hybridized carbons (Fsp3) is 0.143. The van der Waals surface area contributed by atoms with E-state index in [1.165, 1.54) is 12.4 Å². The minimum absolute atomic E-state index is 0.352. The van der Waals surface area contributed by atoms with Gasteiger partial charge in [-0.05, 0) is 0 Å². The van der Waals surface area contributed by atoms with Crippen molar-refractivity contribution in [3.05, 3.63) is 28.4 Å². The van der Waals surface area contributed by atoms with Gasteiger partial charge < -0.3 is 4.98 Å². The number of alkyl halides is 1. The lowest BCUT2D eigenvalue weighted by Gasteiger charge is -1.84. The Morgan fingerprint density at radius 2 is 2.55 bits per heavy atom. The molecule has 1 aromatic rings. The molecule has 11 heavy (non-hydrogen) atoms. The van der Waals surface area contributed by atoms with Gasteiger partial charge in [0.2, 0.25) is 0 Å². The molecule has 1 aromatic heterocycles. The van der Waals surface area contributed by atoms with Crippen molar-refractivity contribution in [2.75, 3.05) is 5.33 Å². The van der Waals surface area contributed by atoms with E-state index < -0.39 is 0 Å². The zero-order valence-corrected chi connectivity index (χ0v) is 7.18. The van der Waals surface area contributed by atoms with Crippen molar-refractivity contribution in [3.8, 4) is 11.8 Å². The Bertz CT molecular complexity index is 327. The van der Waals surface area contributed by atoms with Crippen LogP contribution in [0.15, 0.2) is 17.2 Å². The van der Waals surface area contributed by atoms with E-state index in [4.69, 9.17) is 0 Å². The highest BCUT2D eigenvalue weighted by Gasteiger charge is 1.84. The maximum Gasteiger partial charge on any atom is 0.344 e. The molecule has 0 aromatic carbocycles. The van der Waals surface area contributed by atoms with E-state index in [2.05, 4.69) is 37.7 Å². The molecule has 0 aliphatic heterocycles. The molecule has 0 bridgehead atoms. The third kappa shape index (κ3) is 2.56. The van der Waals surface area contributed by atoms with Crippen LogP contribution in [0.2, 0.25) is 0 Å². The van der Waals surface area contributed by atoms with E-state index in [-0.39, 0.29) is 5.69 Å². The van der Waals surface area contributed by atoms with Crippen LogP contribution < -0.4 is 5.69 Å². The number of nitrogens with one attached hydrogen (secondary N) is 1. The van der Waals surface area contributed by atoms with E-state index in [0.717, 1.165) is 0 Å². The molecule has 0 saturated heterocycles. The van der Waals surface area contributed by atoms with Crippen molar-refractivity contribution in [1.82, 2.24) is 9.97 Å². The summed E-state index contributed by atoms with van der Waals surface area (Å²) < 4.78 is 0. The fourth-order valence-corrected chi connectivity index (χ4v) is 0.686. The summed E-state index contributed by atoms with van der Waals surface area (Å²) in [6.45, 7) is 0. The van der Waals surface area contributed by atoms with Crippen LogP contribution in [-0.4, -0.2) is 15.3 Å². The quantitative estimate of drug-likeness (QED) is 0.504. The second-order valence-electron chi connectivity index (χ2n) is 1.74. The molecule has 0 aliphatic rings. The number of hydrogen-bond acceptors (Lipinski definition) is 2. The maximum absolute atomic E-state index is 10.5. The van der Waals surface area contributed by atoms with Crippen LogP contribution in [-0.2, 0) is 0 Å². The van der Waals surface area contributed by atoms with Crippen LogP contribution >= 0.6 is 15.9 Å². The Hall–Kier alpha value is -1.08. The number of hydrogen-bond donors (Lipinski definition) is 1. The second kappa shape index (κ2) is 3.94. The van der Waals surface area contributed by atoms with Crippen molar-refractivity contribution >= 4 is 15.9 Å². The lowest BCUT2D eigenvalue weighted by Crippen LogP contribution is -2.07. The van der Waals surface area contributed by atoms with Gasteiger partial charge in [-0.1, -0.05) is 27.8 Å². The van der Waals surface area contributed by atoms with Crippen LogP contribution in [0.1, 0.15) is 5.56 Å². The average Bonchev–Trinajstić information content (AvgIpc) is 2.04. The van der Waals surface area contributed by atoms with Gasteiger partial charge in [0.15, 0.2) is 0 Å². The Kier molecular flexibility index (Phi) is 2.87. The monoisotopic (exact) mass is 212 g/mol. The maximum atomic E-state index is 10.5. The standard InChI is InChI=1S/C7H5BrN2O/c8-3-1-2-6-4-9-7(11)10-5-6/h4-5H,3H2,(H,9,10,11). The van der Waals surface area contributed by atoms with Gasteiger partial charge in [0.05, 0.1) is 10.9 Å². The normalized spacial score (nSPS) is 8.45. The van der Waals surface area contributed by atoms with Crippen molar-refractivity contribution in [1.29, 1.82) is 0 Å². The minimum Gasteiger partial charge on any atom is -0.311 e. The fourth-order valence-electron chi connectivity index (χ4n) is 0.546. The van der Waals surface area contributed by atoms with Crippen molar-refractivity contribution in [2.45, 2.75) is 0 Å². The number of halogens is 1. The van der Waals surface area contributed by atoms with Crippen LogP contribution in [0.4, 0.5) is 0 Å². The molecular formula is C7H5BrN2O. The predicted octanol–water partition coefficient (Wildman–Crippen LogP) is 0.516. The van der Waals surface area contributed by atoms with Gasteiger partial charge in [0, 0.05) is 12.4 Å². The first-order chi connectivity index (χ1) is 5.33. The SMILES string of the molecule is O=c1ncc(C#CCBr)c[nH]1. The number of H-pyrrole nitrogens is 1. The molecule has 0 saturated carbocycles. The molecule has 0 fully saturated rings. The van der Waals surface area contributed by atoms with Crippen molar-refractivity contribution in [3.63, 3.8) is 0 Å². The number of nitrogens with zero attached hydrogens (tertiary/aromatic N) is 1. The molecule has 56 valence electrons. The highest BCUT2D eigenvalue weighted by molar-refractivity contribution is 9.09. The van der Waals surface area contributed by atoms with Gasteiger partial charge in [0.1, 0.15) is 0 Å². The lowest BCUT2D eigenvalue weighted by atomic mass is 10.3. The summed E-state index contributed by atoms with van der Waals surface area (Å²) in [6.07, 6.45) is 2.97. The first-order valence-electron chi connectivity index (χ1n) is 2.92. The molecule has 1 N–H and O–H groups in total. The molecule has 0 aliphatic carbocycles. The molecule has 1 rings (SSSR count). The topological polar surface area (TPSA) is 45.8 Å². The molecule has 0 unspecified atom stereocenters. The average molecular weight is 213 g/mol. The summed E-state index contributed by atoms with van der Waals surface area (Å²) in [5.41, 5.74) is 0.360. The smallest absolute Gasteiger partial charge is 0.311 e. The van der Waals surface area contributed by atoms with E-state index in [1.807, 2.05) is 0 Å². The third-order valence-corrected chi connectivity index (χ3v) is 1.25. The molecule has 4 heteroatoms. The van der Waals surface area contributed by atoms with E-state index >= 15 is 0 Å². The predicted molar refractivity (Wildman–Crippen MR) is 45.5 cm³/mol. The summed E-state index contributed by atoms with van der Waals surface area (Å²) in [5, 5.41) is 0.617. The van der Waals surface area contributed by atoms with Crippen molar-refractivity contribution < 1.29 is 0 Å². The largest absolute Gasteiger partial charge is 0.344 e. The summed E-state index contributed by atoms with van der Waals surface area (Å²) >= 11 is 3.16. The van der Waals surface area contributed by atoms with Gasteiger partial charge in [-0.3, -0.25) is 0 Å². The van der Waals surface area contributed by atoms with Crippen LogP contribution in [0, 0.1) is 11.8 Å². The first kappa shape index (κ1) is 8.02. The number of rotatable bonds is 0. The summed E-state index contributed by atoms with van der Waals surface area (Å²) in [6, 6.07) is 0. The second-order valence-corrected chi connectivity index (χ2v) is 2.30. The first-order valence-corrected chi connectivity index (χ1v) is 4.04. The molecule has 3 nitrogen and oxygen atoms in total. The van der Waals surface area contributed by atoms with Gasteiger partial charge in [-0.25, -0.2) is 9.78 Å². The van der Waals surface area contributed by atoms with Gasteiger partial charge in [-0.15, -0.1) is 0 Å². The number of aromatic nitrogens is 2. The van der Waals surface area contributed by atoms with E-state index in [9.17, 15) is 4.79 Å². The van der Waals surface area contributed by atoms with Crippen molar-refractivity contribution in [2.24, 2.45) is 0 Å². The Balaban J connectivity index is 2.90. The molecule has 0 spiro atoms. The number of aromatic amines is 1. The molecule has 0 amide bonds. The van der Waals surface area contributed by atoms with Crippen LogP contribution in [0.3, 0.4) is 0 Å². The van der Waals surface area contributed by atoms with Gasteiger partial charge >= 0.3 is 5.69 Å². The van der Waals surface area contributed by atoms with E-state index in [1.54, 1.807) is 0 Å². The Morgan fingerprint density at radius 1 is 1.73 bits per heavy atom. The van der Waals surface area contributed by atoms with Crippen LogP contribution in [0.25, 0.3) is 0 Å². The molecule has 0 radical (unpaired) electrons. The molecule has 0 atom stereocenters. The highest BCUT2D eigenvalue weighted by Crippen LogP contribution is 1.86. The van der Waals surface area contributed by atoms with E-state index in [0.29, 0.717) is 10.9 Å². The summed E-state index contributed by atoms with van der Waals surface area (Å²) in [7, 11) is 0. The summed E-state index contributed by atoms with van der Waals surface area (Å²) in [5.74, 6) is 5.58. The zero-order chi connectivity index (χ0) is 8.10. The summed E-state index contributed by atoms with van der Waals surface area (Å²) in [4.78, 5) is 16.4. The van der Waals surface area contributed by atoms with Crippen LogP contribution in [0.5, 0.6) is 0 Å². The Labute approximate surface area is 72.0 Å². The zero-order valence-electron chi connectivity index (χ0n) is 5.60. The lowest BCUT2D eigenvalue weighted by molar-refractivity contribution is 1.07. The third-order valence-electron chi connectivity index (χ3n) is 0.972. The molecular weight excluding hydrogens is 208 g/mol. The highest BCUT2D eigenvalue weighted by atomic mass is 79.9. The Morgan fingerprint density at radius 3 is 3.09 bits per heavy atom. The van der Waals surface area contributed by atoms with Gasteiger partial charge in [-0.2, -0.15) is 0 Å².